The SMILES string of the molecule is C#CCC(CC)NCc1ccc(C)nc1. The first-order chi connectivity index (χ1) is 7.26. The largest absolute Gasteiger partial charge is 0.309 e. The smallest absolute Gasteiger partial charge is 0.0372 e. The van der Waals surface area contributed by atoms with Gasteiger partial charge in [0.1, 0.15) is 0 Å². The summed E-state index contributed by atoms with van der Waals surface area (Å²) in [6.07, 6.45) is 9.05. The Morgan fingerprint density at radius 3 is 2.87 bits per heavy atom. The number of nitrogens with one attached hydrogen (secondary N) is 1. The van der Waals surface area contributed by atoms with Crippen LogP contribution in [0, 0.1) is 19.3 Å². The summed E-state index contributed by atoms with van der Waals surface area (Å²) in [6.45, 7) is 4.97. The number of hydrogen-bond acceptors (Lipinski definition) is 2. The summed E-state index contributed by atoms with van der Waals surface area (Å²) in [5.74, 6) is 2.69. The van der Waals surface area contributed by atoms with Gasteiger partial charge in [0.05, 0.1) is 0 Å². The van der Waals surface area contributed by atoms with E-state index in [0.29, 0.717) is 6.04 Å². The first kappa shape index (κ1) is 11.7. The van der Waals surface area contributed by atoms with Crippen LogP contribution < -0.4 is 5.32 Å². The first-order valence-electron chi connectivity index (χ1n) is 5.34. The van der Waals surface area contributed by atoms with Crippen molar-refractivity contribution in [2.24, 2.45) is 0 Å². The molecule has 0 saturated heterocycles. The van der Waals surface area contributed by atoms with Gasteiger partial charge in [-0.05, 0) is 25.0 Å². The van der Waals surface area contributed by atoms with Crippen molar-refractivity contribution in [3.63, 3.8) is 0 Å². The molecule has 15 heavy (non-hydrogen) atoms. The molecule has 1 aromatic heterocycles. The fourth-order valence-electron chi connectivity index (χ4n) is 1.37. The Morgan fingerprint density at radius 1 is 1.53 bits per heavy atom. The second-order valence-electron chi connectivity index (χ2n) is 3.70. The van der Waals surface area contributed by atoms with Gasteiger partial charge < -0.3 is 5.32 Å². The highest BCUT2D eigenvalue weighted by atomic mass is 14.9. The van der Waals surface area contributed by atoms with E-state index in [-0.39, 0.29) is 0 Å². The van der Waals surface area contributed by atoms with Gasteiger partial charge in [-0.3, -0.25) is 4.98 Å². The lowest BCUT2D eigenvalue weighted by atomic mass is 10.1. The monoisotopic (exact) mass is 202 g/mol. The minimum atomic E-state index is 0.413. The van der Waals surface area contributed by atoms with Gasteiger partial charge in [-0.1, -0.05) is 13.0 Å². The Balaban J connectivity index is 2.42. The Bertz CT molecular complexity index is 321. The van der Waals surface area contributed by atoms with Crippen LogP contribution in [-0.2, 0) is 6.54 Å². The molecule has 1 unspecified atom stereocenters. The van der Waals surface area contributed by atoms with Crippen molar-refractivity contribution >= 4 is 0 Å². The van der Waals surface area contributed by atoms with Gasteiger partial charge in [-0.15, -0.1) is 12.3 Å². The number of aromatic nitrogens is 1. The zero-order valence-corrected chi connectivity index (χ0v) is 9.46. The second kappa shape index (κ2) is 6.21. The molecule has 1 atom stereocenters. The molecule has 1 aromatic rings. The number of terminal acetylenes is 1. The highest BCUT2D eigenvalue weighted by molar-refractivity contribution is 5.13. The van der Waals surface area contributed by atoms with Crippen LogP contribution in [0.2, 0.25) is 0 Å². The van der Waals surface area contributed by atoms with Crippen LogP contribution in [0.1, 0.15) is 31.0 Å². The van der Waals surface area contributed by atoms with Crippen LogP contribution in [0.25, 0.3) is 0 Å². The molecular weight excluding hydrogens is 184 g/mol. The maximum Gasteiger partial charge on any atom is 0.0372 e. The lowest BCUT2D eigenvalue weighted by Crippen LogP contribution is -2.27. The summed E-state index contributed by atoms with van der Waals surface area (Å²) in [5, 5.41) is 3.42. The van der Waals surface area contributed by atoms with Crippen LogP contribution in [0.5, 0.6) is 0 Å². The molecule has 0 aliphatic carbocycles. The average Bonchev–Trinajstić information content (AvgIpc) is 2.26. The summed E-state index contributed by atoms with van der Waals surface area (Å²) in [5.41, 5.74) is 2.26. The molecule has 1 rings (SSSR count). The van der Waals surface area contributed by atoms with Crippen molar-refractivity contribution in [2.75, 3.05) is 0 Å². The van der Waals surface area contributed by atoms with E-state index in [0.717, 1.165) is 25.1 Å². The summed E-state index contributed by atoms with van der Waals surface area (Å²) in [7, 11) is 0. The van der Waals surface area contributed by atoms with E-state index in [9.17, 15) is 0 Å². The van der Waals surface area contributed by atoms with Gasteiger partial charge in [-0.25, -0.2) is 0 Å². The topological polar surface area (TPSA) is 24.9 Å². The molecule has 0 saturated carbocycles. The molecule has 1 N–H and O–H groups in total. The molecule has 0 aliphatic heterocycles. The first-order valence-corrected chi connectivity index (χ1v) is 5.34. The third-order valence-electron chi connectivity index (χ3n) is 2.42. The zero-order valence-electron chi connectivity index (χ0n) is 9.46. The van der Waals surface area contributed by atoms with E-state index < -0.39 is 0 Å². The molecule has 0 fully saturated rings. The highest BCUT2D eigenvalue weighted by Gasteiger charge is 2.03. The Labute approximate surface area is 92.1 Å². The van der Waals surface area contributed by atoms with Crippen LogP contribution in [0.15, 0.2) is 18.3 Å². The maximum atomic E-state index is 5.29. The predicted molar refractivity (Wildman–Crippen MR) is 63.3 cm³/mol. The fourth-order valence-corrected chi connectivity index (χ4v) is 1.37. The number of aryl methyl sites for hydroxylation is 1. The van der Waals surface area contributed by atoms with E-state index >= 15 is 0 Å². The number of nitrogens with zero attached hydrogens (tertiary/aromatic N) is 1. The van der Waals surface area contributed by atoms with Crippen LogP contribution in [0.4, 0.5) is 0 Å². The molecule has 2 heteroatoms. The second-order valence-corrected chi connectivity index (χ2v) is 3.70. The molecule has 0 radical (unpaired) electrons. The Kier molecular flexibility index (Phi) is 4.86. The van der Waals surface area contributed by atoms with Gasteiger partial charge in [0.15, 0.2) is 0 Å². The van der Waals surface area contributed by atoms with Crippen LogP contribution in [-0.4, -0.2) is 11.0 Å². The van der Waals surface area contributed by atoms with E-state index in [1.807, 2.05) is 19.2 Å². The minimum Gasteiger partial charge on any atom is -0.309 e. The predicted octanol–water partition coefficient (Wildman–Crippen LogP) is 2.28. The highest BCUT2D eigenvalue weighted by Crippen LogP contribution is 2.02. The lowest BCUT2D eigenvalue weighted by molar-refractivity contribution is 0.506. The normalized spacial score (nSPS) is 12.1. The van der Waals surface area contributed by atoms with Gasteiger partial charge in [0, 0.05) is 30.9 Å². The van der Waals surface area contributed by atoms with Crippen molar-refractivity contribution in [1.82, 2.24) is 10.3 Å². The minimum absolute atomic E-state index is 0.413. The third-order valence-corrected chi connectivity index (χ3v) is 2.42. The summed E-state index contributed by atoms with van der Waals surface area (Å²) < 4.78 is 0. The third kappa shape index (κ3) is 4.14. The van der Waals surface area contributed by atoms with Gasteiger partial charge in [0.25, 0.3) is 0 Å². The van der Waals surface area contributed by atoms with Gasteiger partial charge >= 0.3 is 0 Å². The molecular formula is C13H18N2. The van der Waals surface area contributed by atoms with Crippen LogP contribution in [0.3, 0.4) is 0 Å². The average molecular weight is 202 g/mol. The van der Waals surface area contributed by atoms with Crippen molar-refractivity contribution in [3.05, 3.63) is 29.6 Å². The Morgan fingerprint density at radius 2 is 2.33 bits per heavy atom. The maximum absolute atomic E-state index is 5.29. The quantitative estimate of drug-likeness (QED) is 0.741. The van der Waals surface area contributed by atoms with Crippen molar-refractivity contribution < 1.29 is 0 Å². The molecule has 1 heterocycles. The number of pyridine rings is 1. The molecule has 0 amide bonds. The van der Waals surface area contributed by atoms with E-state index in [4.69, 9.17) is 6.42 Å². The van der Waals surface area contributed by atoms with E-state index in [1.165, 1.54) is 5.56 Å². The van der Waals surface area contributed by atoms with Crippen LogP contribution >= 0.6 is 0 Å². The molecule has 0 bridgehead atoms. The van der Waals surface area contributed by atoms with Crippen molar-refractivity contribution in [3.8, 4) is 12.3 Å². The van der Waals surface area contributed by atoms with Gasteiger partial charge in [-0.2, -0.15) is 0 Å². The standard InChI is InChI=1S/C13H18N2/c1-4-6-13(5-2)15-10-12-8-7-11(3)14-9-12/h1,7-9,13,15H,5-6,10H2,2-3H3. The van der Waals surface area contributed by atoms with Gasteiger partial charge in [0.2, 0.25) is 0 Å². The number of hydrogen-bond donors (Lipinski definition) is 1. The lowest BCUT2D eigenvalue weighted by Gasteiger charge is -2.13. The molecule has 0 aromatic carbocycles. The summed E-state index contributed by atoms with van der Waals surface area (Å²) in [6, 6.07) is 4.54. The van der Waals surface area contributed by atoms with E-state index in [2.05, 4.69) is 29.2 Å². The summed E-state index contributed by atoms with van der Waals surface area (Å²) in [4.78, 5) is 4.25. The van der Waals surface area contributed by atoms with Crippen molar-refractivity contribution in [2.45, 2.75) is 39.3 Å². The van der Waals surface area contributed by atoms with Crippen molar-refractivity contribution in [1.29, 1.82) is 0 Å². The summed E-state index contributed by atoms with van der Waals surface area (Å²) >= 11 is 0. The Hall–Kier alpha value is -1.33. The zero-order chi connectivity index (χ0) is 11.1. The molecule has 0 aliphatic rings. The molecule has 2 nitrogen and oxygen atoms in total. The molecule has 0 spiro atoms. The van der Waals surface area contributed by atoms with E-state index in [1.54, 1.807) is 0 Å². The number of rotatable bonds is 5. The fraction of sp³-hybridized carbons (Fsp3) is 0.462. The molecule has 80 valence electrons.